The zero-order chi connectivity index (χ0) is 9.38. The van der Waals surface area contributed by atoms with Crippen molar-refractivity contribution in [3.8, 4) is 0 Å². The Morgan fingerprint density at radius 1 is 1.29 bits per heavy atom. The van der Waals surface area contributed by atoms with E-state index in [9.17, 15) is 0 Å². The maximum absolute atomic E-state index is 3.47. The summed E-state index contributed by atoms with van der Waals surface area (Å²) in [5.74, 6) is 0. The van der Waals surface area contributed by atoms with Gasteiger partial charge in [0.15, 0.2) is 0 Å². The number of fused-ring (bicyclic) bond motifs is 3. The van der Waals surface area contributed by atoms with Crippen LogP contribution in [0.15, 0.2) is 24.3 Å². The second-order valence-electron chi connectivity index (χ2n) is 4.22. The average molecular weight is 188 g/mol. The van der Waals surface area contributed by atoms with E-state index in [2.05, 4.69) is 34.5 Å². The maximum atomic E-state index is 3.47. The lowest BCUT2D eigenvalue weighted by Gasteiger charge is -2.42. The molecule has 1 atom stereocenters. The molecular weight excluding hydrogens is 172 g/mol. The molecule has 14 heavy (non-hydrogen) atoms. The van der Waals surface area contributed by atoms with Crippen molar-refractivity contribution in [1.29, 1.82) is 0 Å². The second kappa shape index (κ2) is 3.28. The Bertz CT molecular complexity index is 335. The van der Waals surface area contributed by atoms with Gasteiger partial charge in [-0.2, -0.15) is 0 Å². The Morgan fingerprint density at radius 2 is 2.21 bits per heavy atom. The first-order valence-electron chi connectivity index (χ1n) is 5.50. The van der Waals surface area contributed by atoms with Gasteiger partial charge in [-0.15, -0.1) is 0 Å². The number of hydrogen-bond acceptors (Lipinski definition) is 2. The smallest absolute Gasteiger partial charge is 0.0418 e. The molecule has 2 nitrogen and oxygen atoms in total. The van der Waals surface area contributed by atoms with Gasteiger partial charge >= 0.3 is 0 Å². The molecule has 3 rings (SSSR count). The fourth-order valence-corrected chi connectivity index (χ4v) is 2.66. The van der Waals surface area contributed by atoms with Gasteiger partial charge in [0.05, 0.1) is 0 Å². The number of nitrogens with one attached hydrogen (secondary N) is 1. The molecule has 0 aromatic heterocycles. The van der Waals surface area contributed by atoms with Crippen molar-refractivity contribution >= 4 is 5.69 Å². The van der Waals surface area contributed by atoms with E-state index >= 15 is 0 Å². The van der Waals surface area contributed by atoms with Crippen LogP contribution in [0.5, 0.6) is 0 Å². The van der Waals surface area contributed by atoms with E-state index in [4.69, 9.17) is 0 Å². The molecule has 0 spiro atoms. The van der Waals surface area contributed by atoms with Crippen LogP contribution in [0.25, 0.3) is 0 Å². The summed E-state index contributed by atoms with van der Waals surface area (Å²) in [6, 6.07) is 9.59. The first-order valence-corrected chi connectivity index (χ1v) is 5.50. The van der Waals surface area contributed by atoms with Gasteiger partial charge < -0.3 is 10.2 Å². The highest BCUT2D eigenvalue weighted by molar-refractivity contribution is 5.56. The molecule has 2 heterocycles. The summed E-state index contributed by atoms with van der Waals surface area (Å²) in [4.78, 5) is 2.58. The third-order valence-corrected chi connectivity index (χ3v) is 3.40. The van der Waals surface area contributed by atoms with Crippen molar-refractivity contribution in [2.24, 2.45) is 0 Å². The van der Waals surface area contributed by atoms with E-state index in [-0.39, 0.29) is 0 Å². The predicted octanol–water partition coefficient (Wildman–Crippen LogP) is 1.41. The fourth-order valence-electron chi connectivity index (χ4n) is 2.66. The van der Waals surface area contributed by atoms with Gasteiger partial charge in [0, 0.05) is 31.4 Å². The standard InChI is InChI=1S/C12H16N2/c1-2-4-12-10(3-1)5-6-11-9-13-7-8-14(11)12/h1-4,11,13H,5-9H2/t11-/m1/s1. The topological polar surface area (TPSA) is 15.3 Å². The minimum atomic E-state index is 0.735. The second-order valence-corrected chi connectivity index (χ2v) is 4.22. The molecule has 2 heteroatoms. The molecule has 2 aliphatic heterocycles. The first kappa shape index (κ1) is 8.30. The molecule has 0 aliphatic carbocycles. The van der Waals surface area contributed by atoms with Gasteiger partial charge in [-0.25, -0.2) is 0 Å². The van der Waals surface area contributed by atoms with E-state index in [0.717, 1.165) is 19.1 Å². The number of anilines is 1. The summed E-state index contributed by atoms with van der Waals surface area (Å²) >= 11 is 0. The van der Waals surface area contributed by atoms with Crippen molar-refractivity contribution in [3.63, 3.8) is 0 Å². The normalized spacial score (nSPS) is 25.4. The van der Waals surface area contributed by atoms with Crippen LogP contribution < -0.4 is 10.2 Å². The Kier molecular flexibility index (Phi) is 1.95. The minimum Gasteiger partial charge on any atom is -0.366 e. The Balaban J connectivity index is 1.99. The molecule has 0 unspecified atom stereocenters. The van der Waals surface area contributed by atoms with E-state index in [1.807, 2.05) is 0 Å². The largest absolute Gasteiger partial charge is 0.366 e. The highest BCUT2D eigenvalue weighted by atomic mass is 15.2. The molecule has 0 saturated carbocycles. The number of nitrogens with zero attached hydrogens (tertiary/aromatic N) is 1. The number of aryl methyl sites for hydroxylation is 1. The van der Waals surface area contributed by atoms with Gasteiger partial charge in [-0.3, -0.25) is 0 Å². The van der Waals surface area contributed by atoms with E-state index in [1.165, 1.54) is 30.6 Å². The average Bonchev–Trinajstić information content (AvgIpc) is 2.29. The monoisotopic (exact) mass is 188 g/mol. The molecule has 2 aliphatic rings. The zero-order valence-corrected chi connectivity index (χ0v) is 8.37. The molecular formula is C12H16N2. The SMILES string of the molecule is c1ccc2c(c1)CC[C@@H]1CNCCN21. The third-order valence-electron chi connectivity index (χ3n) is 3.40. The van der Waals surface area contributed by atoms with E-state index < -0.39 is 0 Å². The van der Waals surface area contributed by atoms with Gasteiger partial charge in [0.2, 0.25) is 0 Å². The van der Waals surface area contributed by atoms with Crippen LogP contribution in [0.1, 0.15) is 12.0 Å². The molecule has 1 fully saturated rings. The lowest BCUT2D eigenvalue weighted by Crippen LogP contribution is -2.53. The number of rotatable bonds is 0. The van der Waals surface area contributed by atoms with Gasteiger partial charge in [0.25, 0.3) is 0 Å². The highest BCUT2D eigenvalue weighted by Gasteiger charge is 2.27. The van der Waals surface area contributed by atoms with Gasteiger partial charge in [-0.1, -0.05) is 18.2 Å². The van der Waals surface area contributed by atoms with Gasteiger partial charge in [-0.05, 0) is 24.5 Å². The van der Waals surface area contributed by atoms with Crippen molar-refractivity contribution in [3.05, 3.63) is 29.8 Å². The lowest BCUT2D eigenvalue weighted by atomic mass is 9.94. The lowest BCUT2D eigenvalue weighted by molar-refractivity contribution is 0.440. The van der Waals surface area contributed by atoms with Crippen LogP contribution in [0, 0.1) is 0 Å². The fraction of sp³-hybridized carbons (Fsp3) is 0.500. The van der Waals surface area contributed by atoms with Crippen molar-refractivity contribution in [2.45, 2.75) is 18.9 Å². The van der Waals surface area contributed by atoms with Crippen LogP contribution in [0.2, 0.25) is 0 Å². The van der Waals surface area contributed by atoms with E-state index in [1.54, 1.807) is 0 Å². The Labute approximate surface area is 84.9 Å². The summed E-state index contributed by atoms with van der Waals surface area (Å²) in [7, 11) is 0. The van der Waals surface area contributed by atoms with Crippen molar-refractivity contribution in [2.75, 3.05) is 24.5 Å². The molecule has 1 aromatic rings. The van der Waals surface area contributed by atoms with Crippen molar-refractivity contribution in [1.82, 2.24) is 5.32 Å². The van der Waals surface area contributed by atoms with Gasteiger partial charge in [0.1, 0.15) is 0 Å². The van der Waals surface area contributed by atoms with Crippen molar-refractivity contribution < 1.29 is 0 Å². The predicted molar refractivity (Wildman–Crippen MR) is 58.8 cm³/mol. The summed E-state index contributed by atoms with van der Waals surface area (Å²) in [5, 5.41) is 3.47. The molecule has 0 amide bonds. The molecule has 1 N–H and O–H groups in total. The number of piperazine rings is 1. The molecule has 1 aromatic carbocycles. The highest BCUT2D eigenvalue weighted by Crippen LogP contribution is 2.30. The summed E-state index contributed by atoms with van der Waals surface area (Å²) in [6.45, 7) is 3.46. The van der Waals surface area contributed by atoms with Crippen LogP contribution in [0.3, 0.4) is 0 Å². The summed E-state index contributed by atoms with van der Waals surface area (Å²) in [5.41, 5.74) is 3.01. The van der Waals surface area contributed by atoms with Crippen LogP contribution >= 0.6 is 0 Å². The zero-order valence-electron chi connectivity index (χ0n) is 8.37. The summed E-state index contributed by atoms with van der Waals surface area (Å²) in [6.07, 6.45) is 2.56. The number of hydrogen-bond donors (Lipinski definition) is 1. The number of para-hydroxylation sites is 1. The maximum Gasteiger partial charge on any atom is 0.0418 e. The molecule has 1 saturated heterocycles. The number of benzene rings is 1. The molecule has 74 valence electrons. The third kappa shape index (κ3) is 1.22. The quantitative estimate of drug-likeness (QED) is 0.662. The molecule has 0 bridgehead atoms. The Hall–Kier alpha value is -1.02. The van der Waals surface area contributed by atoms with E-state index in [0.29, 0.717) is 0 Å². The van der Waals surface area contributed by atoms with Crippen LogP contribution in [-0.4, -0.2) is 25.7 Å². The Morgan fingerprint density at radius 3 is 3.21 bits per heavy atom. The first-order chi connectivity index (χ1) is 6.95. The molecule has 0 radical (unpaired) electrons. The minimum absolute atomic E-state index is 0.735. The summed E-state index contributed by atoms with van der Waals surface area (Å²) < 4.78 is 0. The van der Waals surface area contributed by atoms with Crippen LogP contribution in [-0.2, 0) is 6.42 Å². The van der Waals surface area contributed by atoms with Crippen LogP contribution in [0.4, 0.5) is 5.69 Å².